The average Bonchev–Trinajstić information content (AvgIpc) is 3.02. The number of halogens is 3. The van der Waals surface area contributed by atoms with Crippen LogP contribution in [0.2, 0.25) is 0 Å². The zero-order valence-corrected chi connectivity index (χ0v) is 12.1. The summed E-state index contributed by atoms with van der Waals surface area (Å²) in [5, 5.41) is 2.17. The van der Waals surface area contributed by atoms with Crippen LogP contribution in [-0.4, -0.2) is 48.9 Å². The lowest BCUT2D eigenvalue weighted by atomic mass is 10.1. The van der Waals surface area contributed by atoms with Crippen LogP contribution in [0.25, 0.3) is 0 Å². The Bertz CT molecular complexity index is 494. The van der Waals surface area contributed by atoms with Gasteiger partial charge in [-0.2, -0.15) is 0 Å². The van der Waals surface area contributed by atoms with Crippen molar-refractivity contribution in [2.75, 3.05) is 26.3 Å². The Morgan fingerprint density at radius 3 is 2.19 bits per heavy atom. The molecule has 1 heterocycles. The summed E-state index contributed by atoms with van der Waals surface area (Å²) in [6, 6.07) is 0. The standard InChI is InChI=1S/C14H19F3N2O2/c1-12(2)8-4-19(5-9(8)12)10(20)3-18-11(21)13(7-15)6-14(13,16)17/h8-9H,3-7H2,1-2H3,(H,18,21). The molecule has 2 saturated carbocycles. The van der Waals surface area contributed by atoms with Crippen molar-refractivity contribution < 1.29 is 22.8 Å². The maximum atomic E-state index is 13.1. The number of alkyl halides is 3. The maximum Gasteiger partial charge on any atom is 0.266 e. The van der Waals surface area contributed by atoms with E-state index in [4.69, 9.17) is 0 Å². The third kappa shape index (κ3) is 1.96. The highest BCUT2D eigenvalue weighted by molar-refractivity contribution is 5.91. The maximum absolute atomic E-state index is 13.1. The zero-order chi connectivity index (χ0) is 15.6. The van der Waals surface area contributed by atoms with Crippen LogP contribution in [0.15, 0.2) is 0 Å². The predicted octanol–water partition coefficient (Wildman–Crippen LogP) is 1.21. The van der Waals surface area contributed by atoms with Crippen molar-refractivity contribution in [3.8, 4) is 0 Å². The number of fused-ring (bicyclic) bond motifs is 1. The van der Waals surface area contributed by atoms with Crippen molar-refractivity contribution >= 4 is 11.8 Å². The highest BCUT2D eigenvalue weighted by Crippen LogP contribution is 2.62. The monoisotopic (exact) mass is 304 g/mol. The van der Waals surface area contributed by atoms with Crippen molar-refractivity contribution in [2.24, 2.45) is 22.7 Å². The lowest BCUT2D eigenvalue weighted by Gasteiger charge is -2.22. The summed E-state index contributed by atoms with van der Waals surface area (Å²) in [5.74, 6) is -3.67. The molecule has 7 heteroatoms. The van der Waals surface area contributed by atoms with E-state index >= 15 is 0 Å². The van der Waals surface area contributed by atoms with Crippen LogP contribution in [0, 0.1) is 22.7 Å². The third-order valence-corrected chi connectivity index (χ3v) is 5.64. The first kappa shape index (κ1) is 14.7. The number of likely N-dealkylation sites (tertiary alicyclic amines) is 1. The molecule has 3 atom stereocenters. The number of hydrogen-bond acceptors (Lipinski definition) is 2. The number of piperidine rings is 1. The van der Waals surface area contributed by atoms with Gasteiger partial charge in [-0.05, 0) is 17.3 Å². The van der Waals surface area contributed by atoms with Crippen LogP contribution in [-0.2, 0) is 9.59 Å². The first-order valence-corrected chi connectivity index (χ1v) is 7.15. The molecule has 3 unspecified atom stereocenters. The number of amides is 2. The molecule has 21 heavy (non-hydrogen) atoms. The van der Waals surface area contributed by atoms with Gasteiger partial charge in [0.15, 0.2) is 0 Å². The summed E-state index contributed by atoms with van der Waals surface area (Å²) in [6.45, 7) is 3.88. The van der Waals surface area contributed by atoms with Crippen molar-refractivity contribution in [3.05, 3.63) is 0 Å². The van der Waals surface area contributed by atoms with Gasteiger partial charge < -0.3 is 10.2 Å². The smallest absolute Gasteiger partial charge is 0.266 e. The van der Waals surface area contributed by atoms with E-state index in [2.05, 4.69) is 19.2 Å². The second-order valence-corrected chi connectivity index (χ2v) is 7.11. The van der Waals surface area contributed by atoms with Gasteiger partial charge in [-0.15, -0.1) is 0 Å². The normalized spacial score (nSPS) is 37.9. The van der Waals surface area contributed by atoms with E-state index in [9.17, 15) is 22.8 Å². The van der Waals surface area contributed by atoms with Crippen molar-refractivity contribution in [3.63, 3.8) is 0 Å². The molecule has 3 fully saturated rings. The molecule has 0 bridgehead atoms. The van der Waals surface area contributed by atoms with Gasteiger partial charge in [0.1, 0.15) is 12.1 Å². The molecule has 0 aromatic heterocycles. The number of hydrogen-bond donors (Lipinski definition) is 1. The van der Waals surface area contributed by atoms with Gasteiger partial charge in [0.25, 0.3) is 5.92 Å². The quantitative estimate of drug-likeness (QED) is 0.849. The first-order chi connectivity index (χ1) is 9.65. The summed E-state index contributed by atoms with van der Waals surface area (Å²) in [7, 11) is 0. The van der Waals surface area contributed by atoms with Crippen molar-refractivity contribution in [1.29, 1.82) is 0 Å². The Balaban J connectivity index is 1.48. The molecule has 0 aromatic carbocycles. The van der Waals surface area contributed by atoms with Crippen LogP contribution in [0.5, 0.6) is 0 Å². The minimum absolute atomic E-state index is 0.272. The first-order valence-electron chi connectivity index (χ1n) is 7.15. The molecule has 1 saturated heterocycles. The van der Waals surface area contributed by atoms with E-state index in [0.717, 1.165) is 0 Å². The third-order valence-electron chi connectivity index (χ3n) is 5.64. The lowest BCUT2D eigenvalue weighted by Crippen LogP contribution is -2.44. The fourth-order valence-corrected chi connectivity index (χ4v) is 3.56. The fraction of sp³-hybridized carbons (Fsp3) is 0.857. The Labute approximate surface area is 121 Å². The van der Waals surface area contributed by atoms with E-state index < -0.39 is 30.3 Å². The topological polar surface area (TPSA) is 49.4 Å². The Hall–Kier alpha value is -1.27. The molecule has 2 amide bonds. The number of rotatable bonds is 4. The molecular weight excluding hydrogens is 285 g/mol. The van der Waals surface area contributed by atoms with E-state index in [1.807, 2.05) is 0 Å². The number of nitrogens with one attached hydrogen (secondary N) is 1. The minimum atomic E-state index is -3.30. The summed E-state index contributed by atoms with van der Waals surface area (Å²) in [4.78, 5) is 25.3. The highest BCUT2D eigenvalue weighted by atomic mass is 19.3. The lowest BCUT2D eigenvalue weighted by molar-refractivity contribution is -0.136. The Morgan fingerprint density at radius 2 is 1.76 bits per heavy atom. The van der Waals surface area contributed by atoms with Gasteiger partial charge in [0.2, 0.25) is 11.8 Å². The number of carbonyl (C=O) groups is 2. The van der Waals surface area contributed by atoms with Crippen LogP contribution in [0.1, 0.15) is 20.3 Å². The van der Waals surface area contributed by atoms with E-state index in [0.29, 0.717) is 24.9 Å². The molecule has 1 N–H and O–H groups in total. The second kappa shape index (κ2) is 4.14. The molecule has 118 valence electrons. The number of nitrogens with zero attached hydrogens (tertiary/aromatic N) is 1. The largest absolute Gasteiger partial charge is 0.346 e. The van der Waals surface area contributed by atoms with Crippen molar-refractivity contribution in [1.82, 2.24) is 10.2 Å². The van der Waals surface area contributed by atoms with Gasteiger partial charge in [0, 0.05) is 19.5 Å². The predicted molar refractivity (Wildman–Crippen MR) is 68.3 cm³/mol. The van der Waals surface area contributed by atoms with Crippen LogP contribution < -0.4 is 5.32 Å². The summed E-state index contributed by atoms with van der Waals surface area (Å²) in [5.41, 5.74) is -1.98. The molecule has 1 aliphatic heterocycles. The summed E-state index contributed by atoms with van der Waals surface area (Å²) < 4.78 is 38.9. The molecule has 0 radical (unpaired) electrons. The molecule has 2 aliphatic carbocycles. The molecule has 0 aromatic rings. The molecule has 0 spiro atoms. The van der Waals surface area contributed by atoms with Gasteiger partial charge in [-0.25, -0.2) is 13.2 Å². The average molecular weight is 304 g/mol. The van der Waals surface area contributed by atoms with Gasteiger partial charge >= 0.3 is 0 Å². The zero-order valence-electron chi connectivity index (χ0n) is 12.1. The second-order valence-electron chi connectivity index (χ2n) is 7.11. The minimum Gasteiger partial charge on any atom is -0.346 e. The van der Waals surface area contributed by atoms with Gasteiger partial charge in [0.05, 0.1) is 6.54 Å². The molecular formula is C14H19F3N2O2. The Morgan fingerprint density at radius 1 is 1.24 bits per heavy atom. The van der Waals surface area contributed by atoms with E-state index in [-0.39, 0.29) is 17.9 Å². The SMILES string of the molecule is CC1(C)C2CN(C(=O)CNC(=O)C3(CF)CC3(F)F)CC21. The molecule has 4 nitrogen and oxygen atoms in total. The van der Waals surface area contributed by atoms with Crippen LogP contribution >= 0.6 is 0 Å². The molecule has 3 rings (SSSR count). The van der Waals surface area contributed by atoms with Crippen LogP contribution in [0.4, 0.5) is 13.2 Å². The van der Waals surface area contributed by atoms with Crippen molar-refractivity contribution in [2.45, 2.75) is 26.2 Å². The summed E-state index contributed by atoms with van der Waals surface area (Å²) >= 11 is 0. The Kier molecular flexibility index (Phi) is 2.89. The van der Waals surface area contributed by atoms with Gasteiger partial charge in [-0.3, -0.25) is 9.59 Å². The van der Waals surface area contributed by atoms with E-state index in [1.54, 1.807) is 4.90 Å². The van der Waals surface area contributed by atoms with Gasteiger partial charge in [-0.1, -0.05) is 13.8 Å². The van der Waals surface area contributed by atoms with Crippen LogP contribution in [0.3, 0.4) is 0 Å². The summed E-state index contributed by atoms with van der Waals surface area (Å²) in [6.07, 6.45) is -0.779. The molecule has 3 aliphatic rings. The fourth-order valence-electron chi connectivity index (χ4n) is 3.56. The van der Waals surface area contributed by atoms with E-state index in [1.165, 1.54) is 0 Å². The number of carbonyl (C=O) groups excluding carboxylic acids is 2. The highest BCUT2D eigenvalue weighted by Gasteiger charge is 2.76.